The number of benzene rings is 2. The van der Waals surface area contributed by atoms with Gasteiger partial charge in [0.2, 0.25) is 10.0 Å². The molecule has 2 aromatic carbocycles. The van der Waals surface area contributed by atoms with Crippen LogP contribution in [-0.4, -0.2) is 36.5 Å². The highest BCUT2D eigenvalue weighted by atomic mass is 32.2. The fraction of sp³-hybridized carbons (Fsp3) is 0.263. The van der Waals surface area contributed by atoms with Crippen molar-refractivity contribution in [3.63, 3.8) is 0 Å². The SMILES string of the molecule is Cc1ccc(S(=O)(=O)N(C)CCc2noc(-c3cccc(C)c3)n2)cc1. The Bertz CT molecular complexity index is 995. The molecule has 26 heavy (non-hydrogen) atoms. The first-order valence-corrected chi connectivity index (χ1v) is 9.73. The molecule has 0 atom stereocenters. The summed E-state index contributed by atoms with van der Waals surface area (Å²) in [6, 6.07) is 14.6. The monoisotopic (exact) mass is 371 g/mol. The first-order chi connectivity index (χ1) is 12.4. The van der Waals surface area contributed by atoms with Gasteiger partial charge in [-0.15, -0.1) is 0 Å². The second kappa shape index (κ2) is 7.39. The number of aryl methyl sites for hydroxylation is 2. The van der Waals surface area contributed by atoms with Crippen LogP contribution in [0, 0.1) is 13.8 Å². The molecule has 0 bridgehead atoms. The normalized spacial score (nSPS) is 11.8. The van der Waals surface area contributed by atoms with Crippen LogP contribution < -0.4 is 0 Å². The van der Waals surface area contributed by atoms with Crippen LogP contribution in [-0.2, 0) is 16.4 Å². The fourth-order valence-corrected chi connectivity index (χ4v) is 3.69. The van der Waals surface area contributed by atoms with Crippen LogP contribution in [0.3, 0.4) is 0 Å². The Morgan fingerprint density at radius 1 is 1.04 bits per heavy atom. The van der Waals surface area contributed by atoms with Crippen LogP contribution in [0.25, 0.3) is 11.5 Å². The topological polar surface area (TPSA) is 76.3 Å². The number of aromatic nitrogens is 2. The number of rotatable bonds is 6. The standard InChI is InChI=1S/C19H21N3O3S/c1-14-7-9-17(10-8-14)26(23,24)22(3)12-11-18-20-19(25-21-18)16-6-4-5-15(2)13-16/h4-10,13H,11-12H2,1-3H3. The molecule has 0 aliphatic carbocycles. The van der Waals surface area contributed by atoms with Gasteiger partial charge < -0.3 is 4.52 Å². The van der Waals surface area contributed by atoms with Gasteiger partial charge in [0.05, 0.1) is 4.90 Å². The molecule has 0 aliphatic heterocycles. The summed E-state index contributed by atoms with van der Waals surface area (Å²) in [4.78, 5) is 4.64. The molecule has 1 aromatic heterocycles. The van der Waals surface area contributed by atoms with Crippen molar-refractivity contribution < 1.29 is 12.9 Å². The Balaban J connectivity index is 1.68. The zero-order valence-corrected chi connectivity index (χ0v) is 15.8. The van der Waals surface area contributed by atoms with Crippen LogP contribution in [0.5, 0.6) is 0 Å². The third-order valence-electron chi connectivity index (χ3n) is 4.11. The smallest absolute Gasteiger partial charge is 0.257 e. The van der Waals surface area contributed by atoms with Crippen LogP contribution in [0.15, 0.2) is 57.9 Å². The predicted octanol–water partition coefficient (Wildman–Crippen LogP) is 3.22. The molecule has 7 heteroatoms. The predicted molar refractivity (Wildman–Crippen MR) is 99.2 cm³/mol. The van der Waals surface area contributed by atoms with E-state index in [-0.39, 0.29) is 11.4 Å². The van der Waals surface area contributed by atoms with E-state index in [9.17, 15) is 8.42 Å². The van der Waals surface area contributed by atoms with E-state index in [2.05, 4.69) is 10.1 Å². The third kappa shape index (κ3) is 4.00. The lowest BCUT2D eigenvalue weighted by atomic mass is 10.1. The van der Waals surface area contributed by atoms with E-state index in [1.165, 1.54) is 4.31 Å². The summed E-state index contributed by atoms with van der Waals surface area (Å²) < 4.78 is 31.8. The average Bonchev–Trinajstić information content (AvgIpc) is 3.09. The number of hydrogen-bond acceptors (Lipinski definition) is 5. The Morgan fingerprint density at radius 2 is 1.77 bits per heavy atom. The molecule has 1 heterocycles. The van der Waals surface area contributed by atoms with Crippen molar-refractivity contribution in [2.45, 2.75) is 25.2 Å². The van der Waals surface area contributed by atoms with Gasteiger partial charge in [0.25, 0.3) is 5.89 Å². The van der Waals surface area contributed by atoms with E-state index < -0.39 is 10.0 Å². The van der Waals surface area contributed by atoms with Gasteiger partial charge in [-0.1, -0.05) is 40.5 Å². The maximum absolute atomic E-state index is 12.6. The first-order valence-electron chi connectivity index (χ1n) is 8.29. The highest BCUT2D eigenvalue weighted by Crippen LogP contribution is 2.19. The van der Waals surface area contributed by atoms with Gasteiger partial charge in [-0.25, -0.2) is 12.7 Å². The second-order valence-corrected chi connectivity index (χ2v) is 8.32. The van der Waals surface area contributed by atoms with Crippen LogP contribution in [0.1, 0.15) is 17.0 Å². The minimum atomic E-state index is -3.53. The molecule has 0 saturated carbocycles. The van der Waals surface area contributed by atoms with Crippen molar-refractivity contribution in [2.24, 2.45) is 0 Å². The molecule has 136 valence electrons. The van der Waals surface area contributed by atoms with Crippen LogP contribution in [0.2, 0.25) is 0 Å². The summed E-state index contributed by atoms with van der Waals surface area (Å²) in [5.74, 6) is 0.917. The van der Waals surface area contributed by atoms with E-state index in [0.717, 1.165) is 16.7 Å². The maximum atomic E-state index is 12.6. The van der Waals surface area contributed by atoms with Gasteiger partial charge in [-0.3, -0.25) is 0 Å². The lowest BCUT2D eigenvalue weighted by Gasteiger charge is -2.16. The molecule has 0 unspecified atom stereocenters. The van der Waals surface area contributed by atoms with Crippen LogP contribution >= 0.6 is 0 Å². The summed E-state index contributed by atoms with van der Waals surface area (Å²) in [6.07, 6.45) is 0.372. The van der Waals surface area contributed by atoms with Crippen molar-refractivity contribution >= 4 is 10.0 Å². The number of nitrogens with zero attached hydrogens (tertiary/aromatic N) is 3. The highest BCUT2D eigenvalue weighted by Gasteiger charge is 2.21. The minimum absolute atomic E-state index is 0.267. The summed E-state index contributed by atoms with van der Waals surface area (Å²) in [5.41, 5.74) is 2.97. The van der Waals surface area contributed by atoms with E-state index in [1.807, 2.05) is 38.1 Å². The third-order valence-corrected chi connectivity index (χ3v) is 5.98. The number of sulfonamides is 1. The molecule has 0 saturated heterocycles. The van der Waals surface area contributed by atoms with Crippen LogP contribution in [0.4, 0.5) is 0 Å². The van der Waals surface area contributed by atoms with E-state index in [1.54, 1.807) is 31.3 Å². The average molecular weight is 371 g/mol. The molecule has 0 fully saturated rings. The van der Waals surface area contributed by atoms with Crippen molar-refractivity contribution in [3.8, 4) is 11.5 Å². The fourth-order valence-electron chi connectivity index (χ4n) is 2.52. The Kier molecular flexibility index (Phi) is 5.20. The Hall–Kier alpha value is -2.51. The summed E-state index contributed by atoms with van der Waals surface area (Å²) in [5, 5.41) is 3.95. The molecule has 0 amide bonds. The van der Waals surface area contributed by atoms with Crippen molar-refractivity contribution in [2.75, 3.05) is 13.6 Å². The highest BCUT2D eigenvalue weighted by molar-refractivity contribution is 7.89. The summed E-state index contributed by atoms with van der Waals surface area (Å²) in [7, 11) is -1.98. The van der Waals surface area contributed by atoms with E-state index in [4.69, 9.17) is 4.52 Å². The van der Waals surface area contributed by atoms with Gasteiger partial charge in [0.1, 0.15) is 0 Å². The maximum Gasteiger partial charge on any atom is 0.257 e. The quantitative estimate of drug-likeness (QED) is 0.665. The molecule has 0 N–H and O–H groups in total. The summed E-state index contributed by atoms with van der Waals surface area (Å²) >= 11 is 0. The summed E-state index contributed by atoms with van der Waals surface area (Å²) in [6.45, 7) is 4.18. The molecule has 0 radical (unpaired) electrons. The molecule has 0 aliphatic rings. The molecule has 3 aromatic rings. The zero-order chi connectivity index (χ0) is 18.7. The van der Waals surface area contributed by atoms with Gasteiger partial charge in [0.15, 0.2) is 5.82 Å². The molecular formula is C19H21N3O3S. The lowest BCUT2D eigenvalue weighted by molar-refractivity contribution is 0.415. The van der Waals surface area contributed by atoms with Gasteiger partial charge in [0, 0.05) is 25.6 Å². The molecule has 0 spiro atoms. The molecule has 6 nitrogen and oxygen atoms in total. The van der Waals surface area contributed by atoms with Crippen molar-refractivity contribution in [3.05, 3.63) is 65.5 Å². The van der Waals surface area contributed by atoms with Crippen molar-refractivity contribution in [1.29, 1.82) is 0 Å². The number of hydrogen-bond donors (Lipinski definition) is 0. The van der Waals surface area contributed by atoms with Gasteiger partial charge in [-0.2, -0.15) is 4.98 Å². The Morgan fingerprint density at radius 3 is 2.46 bits per heavy atom. The first kappa shape index (κ1) is 18.3. The van der Waals surface area contributed by atoms with E-state index in [0.29, 0.717) is 18.1 Å². The zero-order valence-electron chi connectivity index (χ0n) is 15.0. The molecular weight excluding hydrogens is 350 g/mol. The van der Waals surface area contributed by atoms with Gasteiger partial charge in [-0.05, 0) is 38.1 Å². The molecule has 3 rings (SSSR count). The minimum Gasteiger partial charge on any atom is -0.334 e. The lowest BCUT2D eigenvalue weighted by Crippen LogP contribution is -2.29. The Labute approximate surface area is 153 Å². The van der Waals surface area contributed by atoms with Gasteiger partial charge >= 0.3 is 0 Å². The largest absolute Gasteiger partial charge is 0.334 e. The second-order valence-electron chi connectivity index (χ2n) is 6.27. The number of likely N-dealkylation sites (N-methyl/N-ethyl adjacent to an activating group) is 1. The van der Waals surface area contributed by atoms with E-state index >= 15 is 0 Å². The van der Waals surface area contributed by atoms with Crippen molar-refractivity contribution in [1.82, 2.24) is 14.4 Å².